The van der Waals surface area contributed by atoms with Crippen molar-refractivity contribution >= 4 is 17.2 Å². The number of aliphatic hydroxyl groups is 1. The van der Waals surface area contributed by atoms with Gasteiger partial charge in [0.05, 0.1) is 0 Å². The van der Waals surface area contributed by atoms with E-state index in [1.165, 1.54) is 0 Å². The van der Waals surface area contributed by atoms with Gasteiger partial charge in [-0.25, -0.2) is 0 Å². The van der Waals surface area contributed by atoms with E-state index >= 15 is 0 Å². The second kappa shape index (κ2) is 4.28. The summed E-state index contributed by atoms with van der Waals surface area (Å²) in [6.07, 6.45) is 3.56. The number of rotatable bonds is 4. The highest BCUT2D eigenvalue weighted by molar-refractivity contribution is 5.97. The summed E-state index contributed by atoms with van der Waals surface area (Å²) in [5.74, 6) is 0. The zero-order valence-electron chi connectivity index (χ0n) is 8.39. The van der Waals surface area contributed by atoms with Gasteiger partial charge in [-0.15, -0.1) is 0 Å². The smallest absolute Gasteiger partial charge is 0.150 e. The predicted molar refractivity (Wildman–Crippen MR) is 59.0 cm³/mol. The molecule has 2 rings (SSSR count). The molecule has 78 valence electrons. The number of benzene rings is 1. The highest BCUT2D eigenvalue weighted by atomic mass is 16.3. The fraction of sp³-hybridized carbons (Fsp3) is 0.250. The van der Waals surface area contributed by atoms with E-state index < -0.39 is 0 Å². The Hall–Kier alpha value is -1.61. The minimum atomic E-state index is 0.188. The van der Waals surface area contributed by atoms with Crippen molar-refractivity contribution in [1.82, 2.24) is 4.57 Å². The van der Waals surface area contributed by atoms with Crippen LogP contribution in [0.15, 0.2) is 30.5 Å². The third kappa shape index (κ3) is 1.78. The molecule has 0 aliphatic rings. The monoisotopic (exact) mass is 203 g/mol. The van der Waals surface area contributed by atoms with Gasteiger partial charge < -0.3 is 9.67 Å². The first kappa shape index (κ1) is 9.93. The van der Waals surface area contributed by atoms with Gasteiger partial charge in [0, 0.05) is 35.8 Å². The van der Waals surface area contributed by atoms with Crippen molar-refractivity contribution in [2.24, 2.45) is 0 Å². The summed E-state index contributed by atoms with van der Waals surface area (Å²) < 4.78 is 2.05. The zero-order valence-corrected chi connectivity index (χ0v) is 8.39. The fourth-order valence-corrected chi connectivity index (χ4v) is 1.79. The molecule has 1 aromatic carbocycles. The fourth-order valence-electron chi connectivity index (χ4n) is 1.79. The molecule has 0 atom stereocenters. The molecule has 0 aliphatic heterocycles. The topological polar surface area (TPSA) is 42.2 Å². The van der Waals surface area contributed by atoms with E-state index in [2.05, 4.69) is 4.57 Å². The number of aryl methyl sites for hydroxylation is 1. The van der Waals surface area contributed by atoms with Gasteiger partial charge in [-0.2, -0.15) is 0 Å². The molecule has 1 heterocycles. The summed E-state index contributed by atoms with van der Waals surface area (Å²) in [6, 6.07) is 7.61. The standard InChI is InChI=1S/C12H13NO2/c14-8-2-6-13-7-5-11-10(9-15)3-1-4-12(11)13/h1,3-5,7,9,14H,2,6,8H2. The number of carbonyl (C=O) groups is 1. The second-order valence-electron chi connectivity index (χ2n) is 3.48. The number of hydrogen-bond donors (Lipinski definition) is 1. The largest absolute Gasteiger partial charge is 0.396 e. The van der Waals surface area contributed by atoms with Crippen molar-refractivity contribution < 1.29 is 9.90 Å². The molecule has 0 fully saturated rings. The quantitative estimate of drug-likeness (QED) is 0.770. The molecule has 0 spiro atoms. The Balaban J connectivity index is 2.46. The number of aromatic nitrogens is 1. The highest BCUT2D eigenvalue weighted by Gasteiger charge is 2.03. The van der Waals surface area contributed by atoms with Gasteiger partial charge in [0.25, 0.3) is 0 Å². The lowest BCUT2D eigenvalue weighted by molar-refractivity contribution is 0.112. The Kier molecular flexibility index (Phi) is 2.83. The van der Waals surface area contributed by atoms with Crippen LogP contribution in [-0.2, 0) is 6.54 Å². The maximum absolute atomic E-state index is 10.8. The molecule has 0 bridgehead atoms. The van der Waals surface area contributed by atoms with Crippen LogP contribution in [-0.4, -0.2) is 22.6 Å². The highest BCUT2D eigenvalue weighted by Crippen LogP contribution is 2.19. The SMILES string of the molecule is O=Cc1cccc2c1ccn2CCCO. The normalized spacial score (nSPS) is 10.7. The lowest BCUT2D eigenvalue weighted by Crippen LogP contribution is -1.98. The number of fused-ring (bicyclic) bond motifs is 1. The molecule has 0 aliphatic carbocycles. The van der Waals surface area contributed by atoms with Crippen LogP contribution in [0.3, 0.4) is 0 Å². The Morgan fingerprint density at radius 3 is 2.93 bits per heavy atom. The number of nitrogens with zero attached hydrogens (tertiary/aromatic N) is 1. The van der Waals surface area contributed by atoms with Crippen LogP contribution < -0.4 is 0 Å². The summed E-state index contributed by atoms with van der Waals surface area (Å²) in [5, 5.41) is 9.75. The summed E-state index contributed by atoms with van der Waals surface area (Å²) >= 11 is 0. The Bertz CT molecular complexity index is 473. The third-order valence-corrected chi connectivity index (χ3v) is 2.53. The maximum Gasteiger partial charge on any atom is 0.150 e. The summed E-state index contributed by atoms with van der Waals surface area (Å²) in [5.41, 5.74) is 1.77. The average Bonchev–Trinajstić information content (AvgIpc) is 2.69. The molecule has 0 saturated carbocycles. The minimum Gasteiger partial charge on any atom is -0.396 e. The number of hydrogen-bond acceptors (Lipinski definition) is 2. The van der Waals surface area contributed by atoms with Crippen LogP contribution in [0.25, 0.3) is 10.9 Å². The van der Waals surface area contributed by atoms with Gasteiger partial charge in [-0.3, -0.25) is 4.79 Å². The zero-order chi connectivity index (χ0) is 10.7. The third-order valence-electron chi connectivity index (χ3n) is 2.53. The lowest BCUT2D eigenvalue weighted by atomic mass is 10.1. The van der Waals surface area contributed by atoms with Gasteiger partial charge in [-0.05, 0) is 18.6 Å². The van der Waals surface area contributed by atoms with Crippen LogP contribution in [0.2, 0.25) is 0 Å². The van der Waals surface area contributed by atoms with Gasteiger partial charge >= 0.3 is 0 Å². The van der Waals surface area contributed by atoms with E-state index in [1.807, 2.05) is 30.5 Å². The van der Waals surface area contributed by atoms with E-state index in [-0.39, 0.29) is 6.61 Å². The lowest BCUT2D eigenvalue weighted by Gasteiger charge is -2.03. The van der Waals surface area contributed by atoms with Crippen molar-refractivity contribution in [3.63, 3.8) is 0 Å². The van der Waals surface area contributed by atoms with Crippen molar-refractivity contribution in [2.75, 3.05) is 6.61 Å². The van der Waals surface area contributed by atoms with Gasteiger partial charge in [-0.1, -0.05) is 12.1 Å². The molecular formula is C12H13NO2. The molecule has 0 saturated heterocycles. The second-order valence-corrected chi connectivity index (χ2v) is 3.48. The van der Waals surface area contributed by atoms with Crippen molar-refractivity contribution in [2.45, 2.75) is 13.0 Å². The van der Waals surface area contributed by atoms with Crippen molar-refractivity contribution in [1.29, 1.82) is 0 Å². The van der Waals surface area contributed by atoms with Crippen LogP contribution >= 0.6 is 0 Å². The molecule has 3 heteroatoms. The van der Waals surface area contributed by atoms with Crippen LogP contribution in [0, 0.1) is 0 Å². The van der Waals surface area contributed by atoms with E-state index in [1.54, 1.807) is 0 Å². The Labute approximate surface area is 87.9 Å². The van der Waals surface area contributed by atoms with Crippen molar-refractivity contribution in [3.8, 4) is 0 Å². The molecule has 1 aromatic heterocycles. The molecular weight excluding hydrogens is 190 g/mol. The summed E-state index contributed by atoms with van der Waals surface area (Å²) in [7, 11) is 0. The molecule has 15 heavy (non-hydrogen) atoms. The minimum absolute atomic E-state index is 0.188. The molecule has 0 amide bonds. The van der Waals surface area contributed by atoms with E-state index in [0.29, 0.717) is 0 Å². The first-order chi connectivity index (χ1) is 7.36. The summed E-state index contributed by atoms with van der Waals surface area (Å²) in [6.45, 7) is 0.968. The molecule has 1 N–H and O–H groups in total. The summed E-state index contributed by atoms with van der Waals surface area (Å²) in [4.78, 5) is 10.8. The van der Waals surface area contributed by atoms with E-state index in [0.717, 1.165) is 35.7 Å². The molecule has 3 nitrogen and oxygen atoms in total. The van der Waals surface area contributed by atoms with Gasteiger partial charge in [0.15, 0.2) is 6.29 Å². The Morgan fingerprint density at radius 2 is 2.20 bits per heavy atom. The van der Waals surface area contributed by atoms with Gasteiger partial charge in [0.2, 0.25) is 0 Å². The molecule has 2 aromatic rings. The molecule has 0 radical (unpaired) electrons. The van der Waals surface area contributed by atoms with Gasteiger partial charge in [0.1, 0.15) is 0 Å². The van der Waals surface area contributed by atoms with E-state index in [9.17, 15) is 4.79 Å². The van der Waals surface area contributed by atoms with Crippen LogP contribution in [0.4, 0.5) is 0 Å². The Morgan fingerprint density at radius 1 is 1.33 bits per heavy atom. The number of carbonyl (C=O) groups excluding carboxylic acids is 1. The molecule has 0 unspecified atom stereocenters. The average molecular weight is 203 g/mol. The number of aldehydes is 1. The van der Waals surface area contributed by atoms with Crippen LogP contribution in [0.5, 0.6) is 0 Å². The predicted octanol–water partition coefficient (Wildman–Crippen LogP) is 1.84. The first-order valence-corrected chi connectivity index (χ1v) is 5.00. The maximum atomic E-state index is 10.8. The van der Waals surface area contributed by atoms with E-state index in [4.69, 9.17) is 5.11 Å². The number of aliphatic hydroxyl groups excluding tert-OH is 1. The first-order valence-electron chi connectivity index (χ1n) is 5.00. The van der Waals surface area contributed by atoms with Crippen molar-refractivity contribution in [3.05, 3.63) is 36.0 Å². The van der Waals surface area contributed by atoms with Crippen LogP contribution in [0.1, 0.15) is 16.8 Å².